The van der Waals surface area contributed by atoms with Crippen LogP contribution in [-0.4, -0.2) is 23.1 Å². The summed E-state index contributed by atoms with van der Waals surface area (Å²) >= 11 is 6.17. The van der Waals surface area contributed by atoms with Crippen LogP contribution in [0.3, 0.4) is 0 Å². The summed E-state index contributed by atoms with van der Waals surface area (Å²) in [5.41, 5.74) is 0.266. The van der Waals surface area contributed by atoms with Gasteiger partial charge in [0.25, 0.3) is 0 Å². The lowest BCUT2D eigenvalue weighted by Crippen LogP contribution is -2.40. The molecule has 1 aliphatic heterocycles. The van der Waals surface area contributed by atoms with Gasteiger partial charge >= 0.3 is 0 Å². The molecule has 0 saturated carbocycles. The van der Waals surface area contributed by atoms with E-state index in [1.54, 1.807) is 0 Å². The van der Waals surface area contributed by atoms with Crippen molar-refractivity contribution in [1.82, 2.24) is 9.97 Å². The molecular formula is C15H24ClN3. The molecule has 0 aliphatic carbocycles. The van der Waals surface area contributed by atoms with Gasteiger partial charge in [-0.1, -0.05) is 46.2 Å². The molecule has 0 bridgehead atoms. The van der Waals surface area contributed by atoms with Gasteiger partial charge < -0.3 is 4.90 Å². The van der Waals surface area contributed by atoms with E-state index < -0.39 is 0 Å². The van der Waals surface area contributed by atoms with E-state index in [9.17, 15) is 0 Å². The second-order valence-corrected chi connectivity index (χ2v) is 7.70. The third-order valence-electron chi connectivity index (χ3n) is 3.58. The Kier molecular flexibility index (Phi) is 3.78. The maximum absolute atomic E-state index is 6.17. The zero-order valence-electron chi connectivity index (χ0n) is 12.6. The summed E-state index contributed by atoms with van der Waals surface area (Å²) in [6.45, 7) is 13.1. The van der Waals surface area contributed by atoms with Gasteiger partial charge in [0.15, 0.2) is 0 Å². The Morgan fingerprint density at radius 3 is 2.53 bits per heavy atom. The molecule has 1 aromatic heterocycles. The van der Waals surface area contributed by atoms with Crippen molar-refractivity contribution in [1.29, 1.82) is 0 Å². The van der Waals surface area contributed by atoms with Crippen LogP contribution in [0.1, 0.15) is 53.3 Å². The molecule has 106 valence electrons. The normalized spacial score (nSPS) is 19.6. The first-order valence-corrected chi connectivity index (χ1v) is 7.35. The number of anilines is 1. The monoisotopic (exact) mass is 281 g/mol. The van der Waals surface area contributed by atoms with Crippen LogP contribution in [0.15, 0.2) is 6.07 Å². The second kappa shape index (κ2) is 4.93. The lowest BCUT2D eigenvalue weighted by Gasteiger charge is -2.39. The van der Waals surface area contributed by atoms with Crippen LogP contribution in [-0.2, 0) is 5.41 Å². The van der Waals surface area contributed by atoms with Crippen molar-refractivity contribution < 1.29 is 0 Å². The molecule has 1 saturated heterocycles. The highest BCUT2D eigenvalue weighted by Crippen LogP contribution is 2.32. The average Bonchev–Trinajstić information content (AvgIpc) is 2.25. The minimum atomic E-state index is -0.0784. The lowest BCUT2D eigenvalue weighted by atomic mass is 9.84. The van der Waals surface area contributed by atoms with Gasteiger partial charge in [0.05, 0.1) is 0 Å². The molecule has 0 N–H and O–H groups in total. The number of halogens is 1. The third-order valence-corrected chi connectivity index (χ3v) is 3.77. The van der Waals surface area contributed by atoms with Crippen molar-refractivity contribution in [3.8, 4) is 0 Å². The Balaban J connectivity index is 2.32. The van der Waals surface area contributed by atoms with Crippen molar-refractivity contribution in [3.63, 3.8) is 0 Å². The number of hydrogen-bond donors (Lipinski definition) is 0. The Hall–Kier alpha value is -0.830. The van der Waals surface area contributed by atoms with Crippen molar-refractivity contribution in [3.05, 3.63) is 17.0 Å². The first-order valence-electron chi connectivity index (χ1n) is 6.97. The molecule has 3 nitrogen and oxygen atoms in total. The van der Waals surface area contributed by atoms with Crippen LogP contribution < -0.4 is 4.90 Å². The van der Waals surface area contributed by atoms with E-state index in [2.05, 4.69) is 44.5 Å². The highest BCUT2D eigenvalue weighted by Gasteiger charge is 2.28. The van der Waals surface area contributed by atoms with E-state index in [0.717, 1.165) is 24.7 Å². The van der Waals surface area contributed by atoms with Crippen LogP contribution in [0.5, 0.6) is 0 Å². The minimum absolute atomic E-state index is 0.0784. The minimum Gasteiger partial charge on any atom is -0.356 e. The molecule has 19 heavy (non-hydrogen) atoms. The summed E-state index contributed by atoms with van der Waals surface area (Å²) in [5, 5.41) is 0.540. The summed E-state index contributed by atoms with van der Waals surface area (Å²) in [6.07, 6.45) is 2.48. The topological polar surface area (TPSA) is 29.0 Å². The maximum atomic E-state index is 6.17. The summed E-state index contributed by atoms with van der Waals surface area (Å²) in [6, 6.07) is 1.89. The van der Waals surface area contributed by atoms with E-state index >= 15 is 0 Å². The Morgan fingerprint density at radius 1 is 1.26 bits per heavy atom. The number of nitrogens with zero attached hydrogens (tertiary/aromatic N) is 3. The van der Waals surface area contributed by atoms with Gasteiger partial charge in [-0.05, 0) is 18.3 Å². The fraction of sp³-hybridized carbons (Fsp3) is 0.733. The van der Waals surface area contributed by atoms with Gasteiger partial charge in [0.2, 0.25) is 0 Å². The van der Waals surface area contributed by atoms with Gasteiger partial charge in [-0.2, -0.15) is 0 Å². The predicted octanol–water partition coefficient (Wildman–Crippen LogP) is 4.05. The smallest absolute Gasteiger partial charge is 0.137 e. The molecule has 0 aromatic carbocycles. The Morgan fingerprint density at radius 2 is 1.95 bits per heavy atom. The fourth-order valence-electron chi connectivity index (χ4n) is 2.52. The highest BCUT2D eigenvalue weighted by molar-refractivity contribution is 6.29. The molecule has 0 spiro atoms. The van der Waals surface area contributed by atoms with Gasteiger partial charge in [0, 0.05) is 24.6 Å². The van der Waals surface area contributed by atoms with Crippen LogP contribution in [0, 0.1) is 5.41 Å². The van der Waals surface area contributed by atoms with Gasteiger partial charge in [-0.15, -0.1) is 0 Å². The Bertz CT molecular complexity index is 463. The fourth-order valence-corrected chi connectivity index (χ4v) is 2.70. The molecule has 2 heterocycles. The molecule has 1 fully saturated rings. The van der Waals surface area contributed by atoms with E-state index in [-0.39, 0.29) is 5.41 Å². The molecule has 2 rings (SSSR count). The SMILES string of the molecule is CC1(C)CCCN(c2cc(Cl)nc(C(C)(C)C)n2)C1. The van der Waals surface area contributed by atoms with Crippen LogP contribution in [0.25, 0.3) is 0 Å². The number of hydrogen-bond acceptors (Lipinski definition) is 3. The summed E-state index contributed by atoms with van der Waals surface area (Å²) in [5.74, 6) is 1.79. The highest BCUT2D eigenvalue weighted by atomic mass is 35.5. The molecule has 0 amide bonds. The zero-order valence-corrected chi connectivity index (χ0v) is 13.4. The third kappa shape index (κ3) is 3.59. The van der Waals surface area contributed by atoms with E-state index in [4.69, 9.17) is 16.6 Å². The summed E-state index contributed by atoms with van der Waals surface area (Å²) in [7, 11) is 0. The van der Waals surface area contributed by atoms with Crippen LogP contribution in [0.2, 0.25) is 5.15 Å². The van der Waals surface area contributed by atoms with Crippen molar-refractivity contribution in [2.24, 2.45) is 5.41 Å². The van der Waals surface area contributed by atoms with Crippen molar-refractivity contribution in [2.45, 2.75) is 52.9 Å². The van der Waals surface area contributed by atoms with Gasteiger partial charge in [-0.3, -0.25) is 0 Å². The quantitative estimate of drug-likeness (QED) is 0.727. The first kappa shape index (κ1) is 14.6. The molecule has 0 atom stereocenters. The number of aromatic nitrogens is 2. The molecular weight excluding hydrogens is 258 g/mol. The summed E-state index contributed by atoms with van der Waals surface area (Å²) < 4.78 is 0. The van der Waals surface area contributed by atoms with Crippen LogP contribution in [0.4, 0.5) is 5.82 Å². The molecule has 0 unspecified atom stereocenters. The van der Waals surface area contributed by atoms with Crippen molar-refractivity contribution in [2.75, 3.05) is 18.0 Å². The standard InChI is InChI=1S/C15H24ClN3/c1-14(2,3)13-17-11(16)9-12(18-13)19-8-6-7-15(4,5)10-19/h9H,6-8,10H2,1-5H3. The lowest BCUT2D eigenvalue weighted by molar-refractivity contribution is 0.292. The van der Waals surface area contributed by atoms with E-state index in [0.29, 0.717) is 10.6 Å². The predicted molar refractivity (Wildman–Crippen MR) is 81.0 cm³/mol. The van der Waals surface area contributed by atoms with E-state index in [1.807, 2.05) is 6.07 Å². The first-order chi connectivity index (χ1) is 8.67. The van der Waals surface area contributed by atoms with Crippen LogP contribution >= 0.6 is 11.6 Å². The largest absolute Gasteiger partial charge is 0.356 e. The maximum Gasteiger partial charge on any atom is 0.137 e. The van der Waals surface area contributed by atoms with Crippen molar-refractivity contribution >= 4 is 17.4 Å². The average molecular weight is 282 g/mol. The Labute approximate surface area is 121 Å². The van der Waals surface area contributed by atoms with Gasteiger partial charge in [0.1, 0.15) is 16.8 Å². The van der Waals surface area contributed by atoms with E-state index in [1.165, 1.54) is 12.8 Å². The second-order valence-electron chi connectivity index (χ2n) is 7.31. The zero-order chi connectivity index (χ0) is 14.3. The number of piperidine rings is 1. The number of rotatable bonds is 1. The molecule has 1 aliphatic rings. The van der Waals surface area contributed by atoms with Gasteiger partial charge in [-0.25, -0.2) is 9.97 Å². The molecule has 1 aromatic rings. The summed E-state index contributed by atoms with van der Waals surface area (Å²) in [4.78, 5) is 11.4. The molecule has 4 heteroatoms. The molecule has 0 radical (unpaired) electrons.